The van der Waals surface area contributed by atoms with Gasteiger partial charge in [-0.15, -0.1) is 0 Å². The summed E-state index contributed by atoms with van der Waals surface area (Å²) in [6.45, 7) is 0.704. The Bertz CT molecular complexity index is 1160. The molecule has 0 fully saturated rings. The lowest BCUT2D eigenvalue weighted by atomic mass is 10.0. The van der Waals surface area contributed by atoms with Crippen molar-refractivity contribution < 1.29 is 17.6 Å². The number of nitrogens with one attached hydrogen (secondary N) is 1. The lowest BCUT2D eigenvalue weighted by molar-refractivity contribution is 0.102. The van der Waals surface area contributed by atoms with Crippen molar-refractivity contribution in [3.63, 3.8) is 0 Å². The van der Waals surface area contributed by atoms with Gasteiger partial charge in [-0.1, -0.05) is 30.3 Å². The highest BCUT2D eigenvalue weighted by Crippen LogP contribution is 2.25. The van der Waals surface area contributed by atoms with E-state index in [1.807, 2.05) is 24.3 Å². The smallest absolute Gasteiger partial charge is 0.255 e. The fourth-order valence-electron chi connectivity index (χ4n) is 3.36. The minimum absolute atomic E-state index is 0.0728. The maximum absolute atomic E-state index is 13.1. The van der Waals surface area contributed by atoms with Crippen molar-refractivity contribution in [2.24, 2.45) is 0 Å². The van der Waals surface area contributed by atoms with E-state index in [9.17, 15) is 17.6 Å². The molecule has 3 aromatic rings. The molecule has 0 bridgehead atoms. The van der Waals surface area contributed by atoms with Crippen LogP contribution in [0, 0.1) is 5.82 Å². The molecule has 3 aromatic carbocycles. The van der Waals surface area contributed by atoms with Crippen LogP contribution < -0.4 is 5.32 Å². The second kappa shape index (κ2) is 7.77. The zero-order valence-corrected chi connectivity index (χ0v) is 16.3. The lowest BCUT2D eigenvalue weighted by Gasteiger charge is -2.28. The highest BCUT2D eigenvalue weighted by molar-refractivity contribution is 7.89. The van der Waals surface area contributed by atoms with E-state index in [4.69, 9.17) is 0 Å². The Morgan fingerprint density at radius 1 is 0.931 bits per heavy atom. The van der Waals surface area contributed by atoms with Gasteiger partial charge in [0.15, 0.2) is 0 Å². The molecule has 0 aromatic heterocycles. The van der Waals surface area contributed by atoms with Crippen molar-refractivity contribution in [2.45, 2.75) is 17.9 Å². The van der Waals surface area contributed by atoms with Crippen molar-refractivity contribution in [3.05, 3.63) is 95.3 Å². The van der Waals surface area contributed by atoms with E-state index in [-0.39, 0.29) is 10.5 Å². The first-order valence-corrected chi connectivity index (χ1v) is 10.6. The average molecular weight is 410 g/mol. The minimum Gasteiger partial charge on any atom is -0.322 e. The molecular weight excluding hydrogens is 391 g/mol. The van der Waals surface area contributed by atoms with Gasteiger partial charge in [0.1, 0.15) is 5.82 Å². The van der Waals surface area contributed by atoms with Gasteiger partial charge in [-0.25, -0.2) is 12.8 Å². The first-order chi connectivity index (χ1) is 13.9. The molecule has 0 radical (unpaired) electrons. The van der Waals surface area contributed by atoms with Crippen LogP contribution in [0.5, 0.6) is 0 Å². The third kappa shape index (κ3) is 4.06. The average Bonchev–Trinajstić information content (AvgIpc) is 2.75. The molecule has 0 unspecified atom stereocenters. The number of fused-ring (bicyclic) bond motifs is 1. The molecule has 0 aliphatic carbocycles. The van der Waals surface area contributed by atoms with Crippen molar-refractivity contribution in [3.8, 4) is 0 Å². The van der Waals surface area contributed by atoms with Crippen LogP contribution in [-0.4, -0.2) is 25.2 Å². The summed E-state index contributed by atoms with van der Waals surface area (Å²) in [6, 6.07) is 19.1. The summed E-state index contributed by atoms with van der Waals surface area (Å²) in [5, 5.41) is 2.64. The van der Waals surface area contributed by atoms with E-state index in [0.29, 0.717) is 25.2 Å². The molecular formula is C22H19FN2O3S. The monoisotopic (exact) mass is 410 g/mol. The normalized spacial score (nSPS) is 14.2. The number of anilines is 1. The minimum atomic E-state index is -3.74. The maximum Gasteiger partial charge on any atom is 0.255 e. The van der Waals surface area contributed by atoms with Crippen LogP contribution in [0.3, 0.4) is 0 Å². The zero-order chi connectivity index (χ0) is 20.4. The van der Waals surface area contributed by atoms with Gasteiger partial charge < -0.3 is 5.32 Å². The van der Waals surface area contributed by atoms with Crippen LogP contribution in [0.2, 0.25) is 0 Å². The Hall–Kier alpha value is -3.03. The molecule has 0 spiro atoms. The molecule has 1 amide bonds. The molecule has 4 rings (SSSR count). The summed E-state index contributed by atoms with van der Waals surface area (Å²) in [5.41, 5.74) is 2.80. The standard InChI is InChI=1S/C22H19FN2O3S/c23-19-8-10-20(11-9-19)24-22(26)17-6-3-7-21(14-17)29(27,28)25-13-12-16-4-1-2-5-18(16)15-25/h1-11,14H,12-13,15H2,(H,24,26). The van der Waals surface area contributed by atoms with Gasteiger partial charge in [0.05, 0.1) is 4.90 Å². The summed E-state index contributed by atoms with van der Waals surface area (Å²) in [6.07, 6.45) is 0.653. The van der Waals surface area contributed by atoms with Crippen molar-refractivity contribution in [1.29, 1.82) is 0 Å². The highest BCUT2D eigenvalue weighted by atomic mass is 32.2. The fraction of sp³-hybridized carbons (Fsp3) is 0.136. The second-order valence-corrected chi connectivity index (χ2v) is 8.78. The number of nitrogens with zero attached hydrogens (tertiary/aromatic N) is 1. The van der Waals surface area contributed by atoms with E-state index in [1.54, 1.807) is 12.1 Å². The molecule has 1 heterocycles. The molecule has 148 valence electrons. The predicted octanol–water partition coefficient (Wildman–Crippen LogP) is 3.83. The third-order valence-electron chi connectivity index (χ3n) is 4.93. The molecule has 7 heteroatoms. The number of carbonyl (C=O) groups is 1. The Labute approximate surface area is 168 Å². The van der Waals surface area contributed by atoms with Gasteiger partial charge in [-0.3, -0.25) is 4.79 Å². The third-order valence-corrected chi connectivity index (χ3v) is 6.77. The molecule has 0 saturated heterocycles. The Kier molecular flexibility index (Phi) is 5.17. The molecule has 1 N–H and O–H groups in total. The largest absolute Gasteiger partial charge is 0.322 e. The number of rotatable bonds is 4. The molecule has 29 heavy (non-hydrogen) atoms. The number of hydrogen-bond donors (Lipinski definition) is 1. The van der Waals surface area contributed by atoms with Gasteiger partial charge in [0.2, 0.25) is 10.0 Å². The van der Waals surface area contributed by atoms with Crippen molar-refractivity contribution in [2.75, 3.05) is 11.9 Å². The van der Waals surface area contributed by atoms with Crippen LogP contribution in [-0.2, 0) is 23.0 Å². The quantitative estimate of drug-likeness (QED) is 0.711. The topological polar surface area (TPSA) is 66.5 Å². The summed E-state index contributed by atoms with van der Waals surface area (Å²) in [7, 11) is -3.74. The number of amides is 1. The van der Waals surface area contributed by atoms with Gasteiger partial charge in [0, 0.05) is 24.3 Å². The number of halogens is 1. The lowest BCUT2D eigenvalue weighted by Crippen LogP contribution is -2.36. The summed E-state index contributed by atoms with van der Waals surface area (Å²) in [5.74, 6) is -0.864. The summed E-state index contributed by atoms with van der Waals surface area (Å²) >= 11 is 0. The van der Waals surface area contributed by atoms with E-state index in [1.165, 1.54) is 40.7 Å². The van der Waals surface area contributed by atoms with Gasteiger partial charge in [-0.05, 0) is 60.0 Å². The first-order valence-electron chi connectivity index (χ1n) is 9.17. The summed E-state index contributed by atoms with van der Waals surface area (Å²) < 4.78 is 40.7. The van der Waals surface area contributed by atoms with Gasteiger partial charge in [0.25, 0.3) is 5.91 Å². The Morgan fingerprint density at radius 3 is 2.41 bits per heavy atom. The van der Waals surface area contributed by atoms with Gasteiger partial charge in [-0.2, -0.15) is 4.31 Å². The predicted molar refractivity (Wildman–Crippen MR) is 109 cm³/mol. The summed E-state index contributed by atoms with van der Waals surface area (Å²) in [4.78, 5) is 12.6. The van der Waals surface area contributed by atoms with E-state index < -0.39 is 21.7 Å². The zero-order valence-electron chi connectivity index (χ0n) is 15.5. The molecule has 1 aliphatic heterocycles. The molecule has 1 aliphatic rings. The van der Waals surface area contributed by atoms with Crippen LogP contribution >= 0.6 is 0 Å². The van der Waals surface area contributed by atoms with Crippen LogP contribution in [0.4, 0.5) is 10.1 Å². The number of carbonyl (C=O) groups excluding carboxylic acids is 1. The second-order valence-electron chi connectivity index (χ2n) is 6.85. The molecule has 5 nitrogen and oxygen atoms in total. The Morgan fingerprint density at radius 2 is 1.66 bits per heavy atom. The highest BCUT2D eigenvalue weighted by Gasteiger charge is 2.28. The van der Waals surface area contributed by atoms with E-state index >= 15 is 0 Å². The molecule has 0 saturated carbocycles. The number of hydrogen-bond acceptors (Lipinski definition) is 3. The van der Waals surface area contributed by atoms with Crippen LogP contribution in [0.1, 0.15) is 21.5 Å². The van der Waals surface area contributed by atoms with Crippen molar-refractivity contribution in [1.82, 2.24) is 4.31 Å². The van der Waals surface area contributed by atoms with Crippen LogP contribution in [0.25, 0.3) is 0 Å². The Balaban J connectivity index is 1.56. The van der Waals surface area contributed by atoms with Crippen LogP contribution in [0.15, 0.2) is 77.7 Å². The number of benzene rings is 3. The number of sulfonamides is 1. The first kappa shape index (κ1) is 19.3. The molecule has 0 atom stereocenters. The SMILES string of the molecule is O=C(Nc1ccc(F)cc1)c1cccc(S(=O)(=O)N2CCc3ccccc3C2)c1. The van der Waals surface area contributed by atoms with Crippen molar-refractivity contribution >= 4 is 21.6 Å². The maximum atomic E-state index is 13.1. The fourth-order valence-corrected chi connectivity index (χ4v) is 4.82. The van der Waals surface area contributed by atoms with E-state index in [0.717, 1.165) is 11.1 Å². The van der Waals surface area contributed by atoms with E-state index in [2.05, 4.69) is 5.32 Å². The van der Waals surface area contributed by atoms with Gasteiger partial charge >= 0.3 is 0 Å².